The Balaban J connectivity index is 2.25. The minimum atomic E-state index is 0.737. The van der Waals surface area contributed by atoms with E-state index in [9.17, 15) is 0 Å². The smallest absolute Gasteiger partial charge is 0.0141 e. The summed E-state index contributed by atoms with van der Waals surface area (Å²) in [5.41, 5.74) is 2.48. The first-order valence-electron chi connectivity index (χ1n) is 4.33. The number of fused-ring (bicyclic) bond motifs is 1. The second-order valence-electron chi connectivity index (χ2n) is 4.30. The molecule has 2 fully saturated rings. The van der Waals surface area contributed by atoms with Crippen LogP contribution in [0.3, 0.4) is 0 Å². The Morgan fingerprint density at radius 3 is 2.50 bits per heavy atom. The van der Waals surface area contributed by atoms with Crippen LogP contribution in [0.1, 0.15) is 33.6 Å². The lowest BCUT2D eigenvalue weighted by atomic mass is 9.98. The van der Waals surface area contributed by atoms with Crippen molar-refractivity contribution in [2.75, 3.05) is 0 Å². The molecule has 2 rings (SSSR count). The minimum absolute atomic E-state index is 0.737. The van der Waals surface area contributed by atoms with Crippen LogP contribution < -0.4 is 0 Å². The molecule has 0 spiro atoms. The number of hydrogen-bond donors (Lipinski definition) is 0. The monoisotopic (exact) mass is 136 g/mol. The maximum absolute atomic E-state index is 2.44. The highest BCUT2D eigenvalue weighted by molar-refractivity contribution is 5.28. The lowest BCUT2D eigenvalue weighted by molar-refractivity contribution is 0.487. The van der Waals surface area contributed by atoms with Gasteiger partial charge in [0.1, 0.15) is 0 Å². The molecule has 0 aliphatic heterocycles. The predicted octanol–water partition coefficient (Wildman–Crippen LogP) is 3.00. The Labute approximate surface area is 63.3 Å². The normalized spacial score (nSPS) is 55.3. The fourth-order valence-corrected chi connectivity index (χ4v) is 2.80. The van der Waals surface area contributed by atoms with Crippen molar-refractivity contribution >= 4 is 0 Å². The summed E-state index contributed by atoms with van der Waals surface area (Å²) in [6.07, 6.45) is 5.25. The molecule has 2 aliphatic rings. The van der Waals surface area contributed by atoms with Gasteiger partial charge in [-0.25, -0.2) is 0 Å². The van der Waals surface area contributed by atoms with Crippen molar-refractivity contribution in [3.05, 3.63) is 11.6 Å². The first kappa shape index (κ1) is 6.45. The van der Waals surface area contributed by atoms with Gasteiger partial charge in [-0.2, -0.15) is 0 Å². The molecule has 0 aromatic heterocycles. The zero-order chi connectivity index (χ0) is 7.35. The highest BCUT2D eigenvalue weighted by Crippen LogP contribution is 2.67. The van der Waals surface area contributed by atoms with Crippen LogP contribution in [-0.2, 0) is 0 Å². The molecule has 0 radical (unpaired) electrons. The largest absolute Gasteiger partial charge is 0.0879 e. The third kappa shape index (κ3) is 0.624. The zero-order valence-electron chi connectivity index (χ0n) is 7.15. The molecule has 2 saturated carbocycles. The molecular formula is C10H16. The van der Waals surface area contributed by atoms with E-state index in [1.165, 1.54) is 12.8 Å². The average molecular weight is 136 g/mol. The van der Waals surface area contributed by atoms with Gasteiger partial charge in [-0.3, -0.25) is 0 Å². The molecule has 3 atom stereocenters. The quantitative estimate of drug-likeness (QED) is 0.449. The van der Waals surface area contributed by atoms with E-state index in [-0.39, 0.29) is 0 Å². The van der Waals surface area contributed by atoms with Crippen molar-refractivity contribution in [1.29, 1.82) is 0 Å². The highest BCUT2D eigenvalue weighted by atomic mass is 14.6. The van der Waals surface area contributed by atoms with Crippen LogP contribution in [0.4, 0.5) is 0 Å². The van der Waals surface area contributed by atoms with Crippen molar-refractivity contribution in [2.45, 2.75) is 33.6 Å². The summed E-state index contributed by atoms with van der Waals surface area (Å²) in [6.45, 7) is 6.99. The first-order chi connectivity index (χ1) is 4.67. The molecule has 0 saturated heterocycles. The lowest BCUT2D eigenvalue weighted by Crippen LogP contribution is -1.95. The molecule has 0 N–H and O–H groups in total. The molecule has 2 aliphatic carbocycles. The summed E-state index contributed by atoms with van der Waals surface area (Å²) in [4.78, 5) is 0. The molecule has 0 aromatic rings. The molecule has 0 unspecified atom stereocenters. The number of rotatable bonds is 0. The van der Waals surface area contributed by atoms with Crippen molar-refractivity contribution < 1.29 is 0 Å². The number of allylic oxidation sites excluding steroid dienone is 2. The van der Waals surface area contributed by atoms with Gasteiger partial charge in [-0.15, -0.1) is 0 Å². The van der Waals surface area contributed by atoms with Crippen molar-refractivity contribution in [1.82, 2.24) is 0 Å². The summed E-state index contributed by atoms with van der Waals surface area (Å²) < 4.78 is 0. The fraction of sp³-hybridized carbons (Fsp3) is 0.800. The van der Waals surface area contributed by atoms with Crippen molar-refractivity contribution in [2.24, 2.45) is 17.3 Å². The Kier molecular flexibility index (Phi) is 1.07. The van der Waals surface area contributed by atoms with Gasteiger partial charge in [0.05, 0.1) is 0 Å². The van der Waals surface area contributed by atoms with Gasteiger partial charge in [0.25, 0.3) is 0 Å². The van der Waals surface area contributed by atoms with Crippen LogP contribution >= 0.6 is 0 Å². The minimum Gasteiger partial charge on any atom is -0.0879 e. The van der Waals surface area contributed by atoms with Gasteiger partial charge in [0.2, 0.25) is 0 Å². The van der Waals surface area contributed by atoms with E-state index in [2.05, 4.69) is 26.8 Å². The second kappa shape index (κ2) is 1.66. The van der Waals surface area contributed by atoms with E-state index >= 15 is 0 Å². The van der Waals surface area contributed by atoms with Gasteiger partial charge < -0.3 is 0 Å². The maximum Gasteiger partial charge on any atom is -0.0141 e. The molecule has 0 heterocycles. The molecular weight excluding hydrogens is 120 g/mol. The standard InChI is InChI=1S/C10H16/c1-4-8-7(2)5-10(3)6-9(8)10/h4,7,9H,5-6H2,1-3H3/b8-4-/t7-,9+,10-/m0/s1. The molecule has 0 nitrogen and oxygen atoms in total. The van der Waals surface area contributed by atoms with E-state index in [4.69, 9.17) is 0 Å². The summed E-state index contributed by atoms with van der Waals surface area (Å²) in [7, 11) is 0. The highest BCUT2D eigenvalue weighted by Gasteiger charge is 2.57. The van der Waals surface area contributed by atoms with E-state index in [1.54, 1.807) is 5.57 Å². The van der Waals surface area contributed by atoms with Crippen molar-refractivity contribution in [3.63, 3.8) is 0 Å². The first-order valence-corrected chi connectivity index (χ1v) is 4.33. The van der Waals surface area contributed by atoms with E-state index in [0.29, 0.717) is 0 Å². The van der Waals surface area contributed by atoms with E-state index in [0.717, 1.165) is 17.3 Å². The van der Waals surface area contributed by atoms with E-state index in [1.807, 2.05) is 0 Å². The predicted molar refractivity (Wildman–Crippen MR) is 43.8 cm³/mol. The Morgan fingerprint density at radius 1 is 1.50 bits per heavy atom. The van der Waals surface area contributed by atoms with Gasteiger partial charge >= 0.3 is 0 Å². The maximum atomic E-state index is 2.44. The molecule has 56 valence electrons. The van der Waals surface area contributed by atoms with Crippen molar-refractivity contribution in [3.8, 4) is 0 Å². The lowest BCUT2D eigenvalue weighted by Gasteiger charge is -2.08. The van der Waals surface area contributed by atoms with Crippen LogP contribution in [0.2, 0.25) is 0 Å². The van der Waals surface area contributed by atoms with Gasteiger partial charge in [0, 0.05) is 0 Å². The molecule has 10 heavy (non-hydrogen) atoms. The van der Waals surface area contributed by atoms with Crippen LogP contribution in [0, 0.1) is 17.3 Å². The summed E-state index contributed by atoms with van der Waals surface area (Å²) in [5, 5.41) is 0. The molecule has 0 bridgehead atoms. The second-order valence-corrected chi connectivity index (χ2v) is 4.30. The van der Waals surface area contributed by atoms with Gasteiger partial charge in [0.15, 0.2) is 0 Å². The Bertz CT molecular complexity index is 190. The summed E-state index contributed by atoms with van der Waals surface area (Å²) in [5.74, 6) is 1.86. The van der Waals surface area contributed by atoms with Gasteiger partial charge in [-0.1, -0.05) is 25.5 Å². The third-order valence-corrected chi connectivity index (χ3v) is 3.43. The van der Waals surface area contributed by atoms with E-state index < -0.39 is 0 Å². The van der Waals surface area contributed by atoms with Crippen LogP contribution in [0.15, 0.2) is 11.6 Å². The Hall–Kier alpha value is -0.260. The molecule has 0 heteroatoms. The number of hydrogen-bond acceptors (Lipinski definition) is 0. The molecule has 0 aromatic carbocycles. The zero-order valence-corrected chi connectivity index (χ0v) is 7.15. The SMILES string of the molecule is C/C=C1\[C@H]2C[C@]2(C)C[C@@H]1C. The van der Waals surface area contributed by atoms with Gasteiger partial charge in [-0.05, 0) is 37.0 Å². The third-order valence-electron chi connectivity index (χ3n) is 3.43. The summed E-state index contributed by atoms with van der Waals surface area (Å²) >= 11 is 0. The van der Waals surface area contributed by atoms with Crippen LogP contribution in [0.5, 0.6) is 0 Å². The fourth-order valence-electron chi connectivity index (χ4n) is 2.80. The Morgan fingerprint density at radius 2 is 2.20 bits per heavy atom. The van der Waals surface area contributed by atoms with Crippen LogP contribution in [0.25, 0.3) is 0 Å². The van der Waals surface area contributed by atoms with Crippen LogP contribution in [-0.4, -0.2) is 0 Å². The molecule has 0 amide bonds. The summed E-state index contributed by atoms with van der Waals surface area (Å²) in [6, 6.07) is 0. The average Bonchev–Trinajstić information content (AvgIpc) is 2.38. The topological polar surface area (TPSA) is 0 Å².